The zero-order valence-electron chi connectivity index (χ0n) is 13.4. The molecule has 1 aliphatic rings. The summed E-state index contributed by atoms with van der Waals surface area (Å²) in [5, 5.41) is 0. The number of H-pyrrole nitrogens is 1. The van der Waals surface area contributed by atoms with E-state index in [4.69, 9.17) is 0 Å². The number of benzene rings is 1. The second-order valence-corrected chi connectivity index (χ2v) is 5.98. The Bertz CT molecular complexity index is 804. The van der Waals surface area contributed by atoms with Crippen molar-refractivity contribution in [3.05, 3.63) is 60.2 Å². The van der Waals surface area contributed by atoms with Crippen LogP contribution in [0, 0.1) is 0 Å². The van der Waals surface area contributed by atoms with Crippen molar-refractivity contribution in [3.8, 4) is 0 Å². The van der Waals surface area contributed by atoms with Gasteiger partial charge in [-0.05, 0) is 24.3 Å². The van der Waals surface area contributed by atoms with Gasteiger partial charge in [0.15, 0.2) is 0 Å². The fourth-order valence-electron chi connectivity index (χ4n) is 3.05. The Morgan fingerprint density at radius 3 is 2.58 bits per heavy atom. The highest BCUT2D eigenvalue weighted by atomic mass is 16.2. The Kier molecular flexibility index (Phi) is 3.96. The number of rotatable bonds is 3. The molecule has 24 heavy (non-hydrogen) atoms. The maximum absolute atomic E-state index is 12.4. The van der Waals surface area contributed by atoms with Gasteiger partial charge in [-0.2, -0.15) is 0 Å². The van der Waals surface area contributed by atoms with E-state index in [1.165, 1.54) is 0 Å². The summed E-state index contributed by atoms with van der Waals surface area (Å²) in [6, 6.07) is 13.5. The third-order valence-electron chi connectivity index (χ3n) is 4.36. The summed E-state index contributed by atoms with van der Waals surface area (Å²) >= 11 is 0. The number of pyridine rings is 1. The summed E-state index contributed by atoms with van der Waals surface area (Å²) in [5.41, 5.74) is 2.58. The summed E-state index contributed by atoms with van der Waals surface area (Å²) in [6.07, 6.45) is 1.66. The maximum atomic E-state index is 12.4. The molecule has 0 atom stereocenters. The molecule has 2 aromatic heterocycles. The highest BCUT2D eigenvalue weighted by molar-refractivity contribution is 5.92. The van der Waals surface area contributed by atoms with Crippen molar-refractivity contribution in [2.75, 3.05) is 26.2 Å². The maximum Gasteiger partial charge on any atom is 0.272 e. The minimum atomic E-state index is 0.0130. The lowest BCUT2D eigenvalue weighted by Crippen LogP contribution is -2.48. The first kappa shape index (κ1) is 14.8. The topological polar surface area (TPSA) is 65.1 Å². The summed E-state index contributed by atoms with van der Waals surface area (Å²) in [7, 11) is 0. The fraction of sp³-hybridized carbons (Fsp3) is 0.278. The van der Waals surface area contributed by atoms with Gasteiger partial charge in [0.2, 0.25) is 0 Å². The molecule has 0 radical (unpaired) electrons. The monoisotopic (exact) mass is 321 g/mol. The minimum Gasteiger partial charge on any atom is -0.341 e. The number of fused-ring (bicyclic) bond motifs is 1. The van der Waals surface area contributed by atoms with Crippen molar-refractivity contribution >= 4 is 16.9 Å². The molecule has 0 aliphatic carbocycles. The van der Waals surface area contributed by atoms with Crippen LogP contribution < -0.4 is 0 Å². The van der Waals surface area contributed by atoms with Gasteiger partial charge in [-0.1, -0.05) is 18.2 Å². The summed E-state index contributed by atoms with van der Waals surface area (Å²) < 4.78 is 0. The van der Waals surface area contributed by atoms with Crippen LogP contribution >= 0.6 is 0 Å². The Hall–Kier alpha value is -2.73. The first-order chi connectivity index (χ1) is 11.8. The number of piperazine rings is 1. The molecule has 0 unspecified atom stereocenters. The number of aromatic amines is 1. The number of carbonyl (C=O) groups is 1. The predicted molar refractivity (Wildman–Crippen MR) is 91.5 cm³/mol. The van der Waals surface area contributed by atoms with Gasteiger partial charge >= 0.3 is 0 Å². The number of hydrogen-bond acceptors (Lipinski definition) is 4. The molecule has 6 nitrogen and oxygen atoms in total. The number of aromatic nitrogens is 3. The standard InChI is InChI=1S/C18H19N5O/c24-18(16-7-3-4-8-19-16)23-11-9-22(10-12-23)13-17-20-14-5-1-2-6-15(14)21-17/h1-8H,9-13H2,(H,20,21). The van der Waals surface area contributed by atoms with Crippen LogP contribution in [-0.4, -0.2) is 56.8 Å². The highest BCUT2D eigenvalue weighted by Crippen LogP contribution is 2.13. The van der Waals surface area contributed by atoms with Gasteiger partial charge in [0.05, 0.1) is 17.6 Å². The van der Waals surface area contributed by atoms with E-state index in [1.54, 1.807) is 12.3 Å². The van der Waals surface area contributed by atoms with Crippen molar-refractivity contribution in [1.82, 2.24) is 24.8 Å². The van der Waals surface area contributed by atoms with Crippen LogP contribution in [0.5, 0.6) is 0 Å². The SMILES string of the molecule is O=C(c1ccccn1)N1CCN(Cc2nc3ccccc3[nH]2)CC1. The number of carbonyl (C=O) groups excluding carboxylic acids is 1. The third-order valence-corrected chi connectivity index (χ3v) is 4.36. The lowest BCUT2D eigenvalue weighted by Gasteiger charge is -2.34. The van der Waals surface area contributed by atoms with Crippen molar-refractivity contribution < 1.29 is 4.79 Å². The number of imidazole rings is 1. The molecule has 1 fully saturated rings. The smallest absolute Gasteiger partial charge is 0.272 e. The molecule has 122 valence electrons. The lowest BCUT2D eigenvalue weighted by molar-refractivity contribution is 0.0620. The van der Waals surface area contributed by atoms with Gasteiger partial charge in [-0.25, -0.2) is 4.98 Å². The Labute approximate surface area is 140 Å². The number of para-hydroxylation sites is 2. The van der Waals surface area contributed by atoms with Crippen LogP contribution in [0.25, 0.3) is 11.0 Å². The normalized spacial score (nSPS) is 15.8. The third kappa shape index (κ3) is 3.00. The van der Waals surface area contributed by atoms with E-state index in [0.717, 1.165) is 49.6 Å². The van der Waals surface area contributed by atoms with E-state index >= 15 is 0 Å². The van der Waals surface area contributed by atoms with E-state index in [1.807, 2.05) is 41.3 Å². The number of hydrogen-bond donors (Lipinski definition) is 1. The van der Waals surface area contributed by atoms with Crippen LogP contribution in [0.2, 0.25) is 0 Å². The Morgan fingerprint density at radius 1 is 1.04 bits per heavy atom. The number of nitrogens with zero attached hydrogens (tertiary/aromatic N) is 4. The molecule has 1 aromatic carbocycles. The molecular weight excluding hydrogens is 302 g/mol. The summed E-state index contributed by atoms with van der Waals surface area (Å²) in [5.74, 6) is 0.986. The number of nitrogens with one attached hydrogen (secondary N) is 1. The molecule has 1 saturated heterocycles. The van der Waals surface area contributed by atoms with Gasteiger partial charge in [-0.3, -0.25) is 14.7 Å². The van der Waals surface area contributed by atoms with Crippen molar-refractivity contribution in [3.63, 3.8) is 0 Å². The van der Waals surface area contributed by atoms with Gasteiger partial charge in [0, 0.05) is 32.4 Å². The van der Waals surface area contributed by atoms with Crippen LogP contribution in [0.3, 0.4) is 0 Å². The fourth-order valence-corrected chi connectivity index (χ4v) is 3.05. The molecule has 0 spiro atoms. The van der Waals surface area contributed by atoms with Crippen LogP contribution in [0.15, 0.2) is 48.7 Å². The molecule has 1 N–H and O–H groups in total. The van der Waals surface area contributed by atoms with E-state index in [2.05, 4.69) is 19.9 Å². The largest absolute Gasteiger partial charge is 0.341 e. The molecule has 0 bridgehead atoms. The summed E-state index contributed by atoms with van der Waals surface area (Å²) in [4.78, 5) is 28.7. The van der Waals surface area contributed by atoms with Gasteiger partial charge < -0.3 is 9.88 Å². The quantitative estimate of drug-likeness (QED) is 0.800. The molecule has 3 aromatic rings. The highest BCUT2D eigenvalue weighted by Gasteiger charge is 2.23. The molecule has 3 heterocycles. The van der Waals surface area contributed by atoms with Crippen molar-refractivity contribution in [2.45, 2.75) is 6.54 Å². The van der Waals surface area contributed by atoms with Crippen LogP contribution in [-0.2, 0) is 6.54 Å². The lowest BCUT2D eigenvalue weighted by atomic mass is 10.2. The first-order valence-electron chi connectivity index (χ1n) is 8.16. The second kappa shape index (κ2) is 6.41. The number of amides is 1. The molecule has 0 saturated carbocycles. The molecule has 6 heteroatoms. The second-order valence-electron chi connectivity index (χ2n) is 5.98. The van der Waals surface area contributed by atoms with E-state index in [0.29, 0.717) is 5.69 Å². The summed E-state index contributed by atoms with van der Waals surface area (Å²) in [6.45, 7) is 3.90. The van der Waals surface area contributed by atoms with Gasteiger partial charge in [0.25, 0.3) is 5.91 Å². The average Bonchev–Trinajstić information content (AvgIpc) is 3.05. The molecule has 1 aliphatic heterocycles. The minimum absolute atomic E-state index is 0.0130. The molecule has 1 amide bonds. The van der Waals surface area contributed by atoms with E-state index < -0.39 is 0 Å². The first-order valence-corrected chi connectivity index (χ1v) is 8.16. The Balaban J connectivity index is 1.37. The van der Waals surface area contributed by atoms with Crippen LogP contribution in [0.1, 0.15) is 16.3 Å². The molecule has 4 rings (SSSR count). The van der Waals surface area contributed by atoms with E-state index in [-0.39, 0.29) is 5.91 Å². The zero-order valence-corrected chi connectivity index (χ0v) is 13.4. The molecular formula is C18H19N5O. The average molecular weight is 321 g/mol. The predicted octanol–water partition coefficient (Wildman–Crippen LogP) is 1.92. The zero-order chi connectivity index (χ0) is 16.4. The Morgan fingerprint density at radius 2 is 1.83 bits per heavy atom. The van der Waals surface area contributed by atoms with Crippen molar-refractivity contribution in [2.24, 2.45) is 0 Å². The van der Waals surface area contributed by atoms with Gasteiger partial charge in [-0.15, -0.1) is 0 Å². The van der Waals surface area contributed by atoms with E-state index in [9.17, 15) is 4.79 Å². The van der Waals surface area contributed by atoms with Gasteiger partial charge in [0.1, 0.15) is 11.5 Å². The van der Waals surface area contributed by atoms with Crippen LogP contribution in [0.4, 0.5) is 0 Å². The van der Waals surface area contributed by atoms with Crippen molar-refractivity contribution in [1.29, 1.82) is 0 Å².